The molecular weight excluding hydrogens is 364 g/mol. The number of nitrogens with zero attached hydrogens (tertiary/aromatic N) is 5. The minimum Gasteiger partial charge on any atom is -0.361 e. The second kappa shape index (κ2) is 7.12. The van der Waals surface area contributed by atoms with Crippen LogP contribution in [0.4, 0.5) is 20.4 Å². The van der Waals surface area contributed by atoms with Crippen LogP contribution in [0, 0.1) is 11.6 Å². The van der Waals surface area contributed by atoms with Gasteiger partial charge in [-0.1, -0.05) is 0 Å². The molecule has 1 aromatic heterocycles. The van der Waals surface area contributed by atoms with Gasteiger partial charge in [0, 0.05) is 46.3 Å². The number of sulfonamides is 1. The van der Waals surface area contributed by atoms with Crippen LogP contribution in [-0.2, 0) is 10.0 Å². The minimum absolute atomic E-state index is 0.177. The fourth-order valence-electron chi connectivity index (χ4n) is 2.71. The molecule has 2 aromatic rings. The topological polar surface area (TPSA) is 69.6 Å². The van der Waals surface area contributed by atoms with Crippen molar-refractivity contribution in [1.29, 1.82) is 0 Å². The molecule has 10 heteroatoms. The highest BCUT2D eigenvalue weighted by atomic mass is 32.2. The van der Waals surface area contributed by atoms with Gasteiger partial charge in [-0.2, -0.15) is 4.31 Å². The zero-order valence-electron chi connectivity index (χ0n) is 14.4. The van der Waals surface area contributed by atoms with Gasteiger partial charge in [0.25, 0.3) is 0 Å². The first-order chi connectivity index (χ1) is 12.3. The van der Waals surface area contributed by atoms with Crippen LogP contribution in [0.1, 0.15) is 0 Å². The summed E-state index contributed by atoms with van der Waals surface area (Å²) in [5.41, 5.74) is 0. The van der Waals surface area contributed by atoms with Gasteiger partial charge in [-0.15, -0.1) is 10.2 Å². The van der Waals surface area contributed by atoms with E-state index in [-0.39, 0.29) is 13.1 Å². The molecule has 1 aliphatic heterocycles. The van der Waals surface area contributed by atoms with Crippen molar-refractivity contribution in [3.63, 3.8) is 0 Å². The van der Waals surface area contributed by atoms with E-state index in [4.69, 9.17) is 0 Å². The zero-order chi connectivity index (χ0) is 18.9. The number of hydrogen-bond acceptors (Lipinski definition) is 6. The van der Waals surface area contributed by atoms with E-state index >= 15 is 0 Å². The van der Waals surface area contributed by atoms with Gasteiger partial charge in [-0.05, 0) is 24.3 Å². The maximum absolute atomic E-state index is 13.9. The number of hydrogen-bond donors (Lipinski definition) is 0. The molecule has 7 nitrogen and oxygen atoms in total. The van der Waals surface area contributed by atoms with E-state index in [0.717, 1.165) is 18.0 Å². The zero-order valence-corrected chi connectivity index (χ0v) is 15.2. The van der Waals surface area contributed by atoms with Crippen molar-refractivity contribution in [2.45, 2.75) is 4.90 Å². The van der Waals surface area contributed by atoms with Crippen molar-refractivity contribution in [3.8, 4) is 0 Å². The number of piperazine rings is 1. The summed E-state index contributed by atoms with van der Waals surface area (Å²) in [6.07, 6.45) is 0. The van der Waals surface area contributed by atoms with Crippen LogP contribution in [-0.4, -0.2) is 63.2 Å². The van der Waals surface area contributed by atoms with E-state index in [1.54, 1.807) is 0 Å². The monoisotopic (exact) mass is 383 g/mol. The Balaban J connectivity index is 1.71. The highest BCUT2D eigenvalue weighted by Crippen LogP contribution is 2.23. The lowest BCUT2D eigenvalue weighted by atomic mass is 10.3. The van der Waals surface area contributed by atoms with E-state index < -0.39 is 26.6 Å². The summed E-state index contributed by atoms with van der Waals surface area (Å²) in [7, 11) is -0.285. The molecule has 26 heavy (non-hydrogen) atoms. The first-order valence-corrected chi connectivity index (χ1v) is 9.44. The summed E-state index contributed by atoms with van der Waals surface area (Å²) >= 11 is 0. The summed E-state index contributed by atoms with van der Waals surface area (Å²) < 4.78 is 53.3. The SMILES string of the molecule is CN(C)c1ccc(N2CCN(S(=O)(=O)c3ccc(F)cc3F)CC2)nn1. The number of halogens is 2. The number of benzene rings is 1. The summed E-state index contributed by atoms with van der Waals surface area (Å²) in [5, 5.41) is 8.26. The molecule has 0 amide bonds. The molecule has 3 rings (SSSR count). The van der Waals surface area contributed by atoms with Crippen molar-refractivity contribution >= 4 is 21.7 Å². The maximum Gasteiger partial charge on any atom is 0.246 e. The lowest BCUT2D eigenvalue weighted by molar-refractivity contribution is 0.381. The first kappa shape index (κ1) is 18.5. The Kier molecular flexibility index (Phi) is 5.05. The van der Waals surface area contributed by atoms with Crippen molar-refractivity contribution in [3.05, 3.63) is 42.0 Å². The fourth-order valence-corrected chi connectivity index (χ4v) is 4.17. The predicted octanol–water partition coefficient (Wildman–Crippen LogP) is 1.33. The molecule has 0 saturated carbocycles. The number of anilines is 2. The molecule has 1 aromatic carbocycles. The lowest BCUT2D eigenvalue weighted by Crippen LogP contribution is -2.49. The minimum atomic E-state index is -4.01. The second-order valence-corrected chi connectivity index (χ2v) is 8.02. The van der Waals surface area contributed by atoms with Crippen LogP contribution in [0.3, 0.4) is 0 Å². The Morgan fingerprint density at radius 2 is 1.69 bits per heavy atom. The van der Waals surface area contributed by atoms with E-state index in [2.05, 4.69) is 10.2 Å². The molecule has 140 valence electrons. The van der Waals surface area contributed by atoms with Gasteiger partial charge in [0.1, 0.15) is 16.5 Å². The Bertz CT molecular complexity index is 882. The fraction of sp³-hybridized carbons (Fsp3) is 0.375. The van der Waals surface area contributed by atoms with Crippen molar-refractivity contribution in [1.82, 2.24) is 14.5 Å². The summed E-state index contributed by atoms with van der Waals surface area (Å²) in [6, 6.07) is 6.13. The van der Waals surface area contributed by atoms with Crippen molar-refractivity contribution < 1.29 is 17.2 Å². The third-order valence-electron chi connectivity index (χ3n) is 4.17. The highest BCUT2D eigenvalue weighted by molar-refractivity contribution is 7.89. The standard InChI is InChI=1S/C16H19F2N5O2S/c1-21(2)15-5-6-16(20-19-15)22-7-9-23(10-8-22)26(24,25)14-4-3-12(17)11-13(14)18/h3-6,11H,7-10H2,1-2H3. The van der Waals surface area contributed by atoms with Gasteiger partial charge in [-0.3, -0.25) is 0 Å². The van der Waals surface area contributed by atoms with Crippen LogP contribution in [0.5, 0.6) is 0 Å². The van der Waals surface area contributed by atoms with Crippen molar-refractivity contribution in [2.75, 3.05) is 50.1 Å². The summed E-state index contributed by atoms with van der Waals surface area (Å²) in [6.45, 7) is 1.16. The molecular formula is C16H19F2N5O2S. The lowest BCUT2D eigenvalue weighted by Gasteiger charge is -2.34. The maximum atomic E-state index is 13.9. The van der Waals surface area contributed by atoms with Gasteiger partial charge >= 0.3 is 0 Å². The van der Waals surface area contributed by atoms with Gasteiger partial charge < -0.3 is 9.80 Å². The Labute approximate surface area is 150 Å². The molecule has 0 spiro atoms. The van der Waals surface area contributed by atoms with E-state index in [9.17, 15) is 17.2 Å². The largest absolute Gasteiger partial charge is 0.361 e. The average molecular weight is 383 g/mol. The normalized spacial score (nSPS) is 15.9. The van der Waals surface area contributed by atoms with E-state index in [0.29, 0.717) is 25.0 Å². The van der Waals surface area contributed by atoms with Crippen LogP contribution >= 0.6 is 0 Å². The number of rotatable bonds is 4. The number of aromatic nitrogens is 2. The quantitative estimate of drug-likeness (QED) is 0.794. The van der Waals surface area contributed by atoms with Crippen LogP contribution in [0.15, 0.2) is 35.2 Å². The summed E-state index contributed by atoms with van der Waals surface area (Å²) in [4.78, 5) is 3.24. The highest BCUT2D eigenvalue weighted by Gasteiger charge is 2.31. The van der Waals surface area contributed by atoms with Crippen molar-refractivity contribution in [2.24, 2.45) is 0 Å². The molecule has 1 fully saturated rings. The third-order valence-corrected chi connectivity index (χ3v) is 6.10. The van der Waals surface area contributed by atoms with Gasteiger partial charge in [0.15, 0.2) is 11.6 Å². The van der Waals surface area contributed by atoms with Crippen LogP contribution < -0.4 is 9.80 Å². The second-order valence-electron chi connectivity index (χ2n) is 6.11. The molecule has 0 N–H and O–H groups in total. The smallest absolute Gasteiger partial charge is 0.246 e. The van der Waals surface area contributed by atoms with Crippen LogP contribution in [0.2, 0.25) is 0 Å². The average Bonchev–Trinajstić information content (AvgIpc) is 2.61. The van der Waals surface area contributed by atoms with Gasteiger partial charge in [0.2, 0.25) is 10.0 Å². The van der Waals surface area contributed by atoms with E-state index in [1.165, 1.54) is 4.31 Å². The molecule has 0 radical (unpaired) electrons. The molecule has 1 saturated heterocycles. The van der Waals surface area contributed by atoms with Gasteiger partial charge in [0.05, 0.1) is 0 Å². The molecule has 1 aliphatic rings. The molecule has 0 bridgehead atoms. The first-order valence-electron chi connectivity index (χ1n) is 8.00. The molecule has 2 heterocycles. The Morgan fingerprint density at radius 1 is 1.00 bits per heavy atom. The Morgan fingerprint density at radius 3 is 2.23 bits per heavy atom. The summed E-state index contributed by atoms with van der Waals surface area (Å²) in [5.74, 6) is -0.522. The predicted molar refractivity (Wildman–Crippen MR) is 93.7 cm³/mol. The Hall–Kier alpha value is -2.33. The molecule has 0 unspecified atom stereocenters. The third kappa shape index (κ3) is 3.61. The van der Waals surface area contributed by atoms with Gasteiger partial charge in [-0.25, -0.2) is 17.2 Å². The molecule has 0 atom stereocenters. The van der Waals surface area contributed by atoms with Crippen LogP contribution in [0.25, 0.3) is 0 Å². The van der Waals surface area contributed by atoms with E-state index in [1.807, 2.05) is 36.0 Å². The molecule has 0 aliphatic carbocycles.